The van der Waals surface area contributed by atoms with Crippen LogP contribution in [0.2, 0.25) is 5.02 Å². The molecule has 1 saturated carbocycles. The van der Waals surface area contributed by atoms with Crippen molar-refractivity contribution in [1.82, 2.24) is 0 Å². The van der Waals surface area contributed by atoms with E-state index in [1.54, 1.807) is 32.9 Å². The molecule has 2 N–H and O–H groups in total. The first-order valence-corrected chi connectivity index (χ1v) is 17.4. The number of imide groups is 2. The number of allylic oxidation sites excluding steroid dienone is 2. The van der Waals surface area contributed by atoms with Gasteiger partial charge in [-0.1, -0.05) is 53.6 Å². The Labute approximate surface area is 299 Å². The van der Waals surface area contributed by atoms with Crippen LogP contribution in [0.25, 0.3) is 0 Å². The number of fused-ring (bicyclic) bond motifs is 4. The number of benzene rings is 4. The maximum Gasteiger partial charge on any atom is 0.241 e. The van der Waals surface area contributed by atoms with Gasteiger partial charge in [0.05, 0.1) is 39.6 Å². The van der Waals surface area contributed by atoms with Crippen molar-refractivity contribution in [2.24, 2.45) is 29.1 Å². The van der Waals surface area contributed by atoms with Gasteiger partial charge in [-0.15, -0.1) is 0 Å². The smallest absolute Gasteiger partial charge is 0.241 e. The Morgan fingerprint density at radius 1 is 0.804 bits per heavy atom. The van der Waals surface area contributed by atoms with Crippen molar-refractivity contribution in [3.63, 3.8) is 0 Å². The molecular weight excluding hydrogens is 669 g/mol. The van der Waals surface area contributed by atoms with Gasteiger partial charge in [-0.05, 0) is 111 Å². The average molecular weight is 704 g/mol. The normalized spacial score (nSPS) is 26.9. The quantitative estimate of drug-likeness (QED) is 0.161. The highest BCUT2D eigenvalue weighted by molar-refractivity contribution is 6.32. The zero-order valence-electron chi connectivity index (χ0n) is 28.2. The number of hydrogen-bond donors (Lipinski definition) is 2. The lowest BCUT2D eigenvalue weighted by Gasteiger charge is -2.49. The highest BCUT2D eigenvalue weighted by Crippen LogP contribution is 2.64. The summed E-state index contributed by atoms with van der Waals surface area (Å²) in [4.78, 5) is 59.9. The third-order valence-corrected chi connectivity index (χ3v) is 11.8. The van der Waals surface area contributed by atoms with Crippen molar-refractivity contribution < 1.29 is 28.7 Å². The Kier molecular flexibility index (Phi) is 7.68. The molecule has 8 rings (SSSR count). The second-order valence-corrected chi connectivity index (χ2v) is 14.7. The molecule has 6 atom stereocenters. The Bertz CT molecular complexity index is 2160. The van der Waals surface area contributed by atoms with E-state index in [1.807, 2.05) is 60.7 Å². The number of phenolic OH excluding ortho intramolecular Hbond substituents is 1. The van der Waals surface area contributed by atoms with Gasteiger partial charge in [-0.2, -0.15) is 0 Å². The Morgan fingerprint density at radius 2 is 1.45 bits per heavy atom. The summed E-state index contributed by atoms with van der Waals surface area (Å²) in [5.41, 5.74) is 3.86. The summed E-state index contributed by atoms with van der Waals surface area (Å²) in [6.07, 6.45) is 2.48. The minimum absolute atomic E-state index is 0.138. The van der Waals surface area contributed by atoms with Crippen LogP contribution < -0.4 is 15.1 Å². The maximum absolute atomic E-state index is 14.6. The zero-order chi connectivity index (χ0) is 35.9. The lowest BCUT2D eigenvalue weighted by Crippen LogP contribution is -2.49. The Morgan fingerprint density at radius 3 is 2.12 bits per heavy atom. The molecule has 4 aromatic rings. The first kappa shape index (κ1) is 32.9. The number of aryl methyl sites for hydroxylation is 2. The van der Waals surface area contributed by atoms with Crippen LogP contribution in [0.3, 0.4) is 0 Å². The van der Waals surface area contributed by atoms with Gasteiger partial charge in [0.15, 0.2) is 0 Å². The van der Waals surface area contributed by atoms with Gasteiger partial charge >= 0.3 is 0 Å². The summed E-state index contributed by atoms with van der Waals surface area (Å²) in [6, 6.07) is 24.2. The van der Waals surface area contributed by atoms with Gasteiger partial charge in [-0.25, -0.2) is 9.29 Å². The summed E-state index contributed by atoms with van der Waals surface area (Å²) in [5, 5.41) is 13.8. The molecule has 258 valence electrons. The highest BCUT2D eigenvalue weighted by atomic mass is 35.5. The molecule has 8 nitrogen and oxygen atoms in total. The van der Waals surface area contributed by atoms with Crippen LogP contribution >= 0.6 is 11.6 Å². The lowest BCUT2D eigenvalue weighted by atomic mass is 9.51. The molecule has 3 fully saturated rings. The SMILES string of the molecule is Cc1cc(C2C3=CCC4C(=O)N(c5ccc(Nc6ccccc6)cc5)C(=O)C4C3CC3C(=O)N(c4ccc(F)c(Cl)c4)C(=O)C32C)cc(C)c1O. The molecule has 4 amide bonds. The fraction of sp³-hybridized carbons (Fsp3) is 0.268. The van der Waals surface area contributed by atoms with Crippen LogP contribution in [0.1, 0.15) is 42.4 Å². The number of anilines is 4. The molecule has 2 saturated heterocycles. The molecule has 2 aliphatic heterocycles. The van der Waals surface area contributed by atoms with Crippen molar-refractivity contribution in [3.8, 4) is 5.75 Å². The number of nitrogens with zero attached hydrogens (tertiary/aromatic N) is 2. The third kappa shape index (κ3) is 4.93. The van der Waals surface area contributed by atoms with Gasteiger partial charge < -0.3 is 10.4 Å². The number of rotatable bonds is 5. The van der Waals surface area contributed by atoms with E-state index in [9.17, 15) is 28.7 Å². The van der Waals surface area contributed by atoms with Gasteiger partial charge in [0.2, 0.25) is 23.6 Å². The summed E-state index contributed by atoms with van der Waals surface area (Å²) >= 11 is 6.11. The highest BCUT2D eigenvalue weighted by Gasteiger charge is 2.67. The third-order valence-electron chi connectivity index (χ3n) is 11.5. The summed E-state index contributed by atoms with van der Waals surface area (Å²) < 4.78 is 14.2. The number of hydrogen-bond acceptors (Lipinski definition) is 6. The summed E-state index contributed by atoms with van der Waals surface area (Å²) in [7, 11) is 0. The molecule has 2 heterocycles. The average Bonchev–Trinajstić information content (AvgIpc) is 3.48. The van der Waals surface area contributed by atoms with E-state index in [1.165, 1.54) is 17.0 Å². The van der Waals surface area contributed by atoms with Crippen LogP contribution in [-0.4, -0.2) is 28.7 Å². The molecule has 51 heavy (non-hydrogen) atoms. The van der Waals surface area contributed by atoms with Crippen molar-refractivity contribution in [3.05, 3.63) is 124 Å². The predicted molar refractivity (Wildman–Crippen MR) is 192 cm³/mol. The topological polar surface area (TPSA) is 107 Å². The molecule has 0 bridgehead atoms. The first-order valence-electron chi connectivity index (χ1n) is 17.0. The van der Waals surface area contributed by atoms with Crippen molar-refractivity contribution in [2.75, 3.05) is 15.1 Å². The monoisotopic (exact) mass is 703 g/mol. The van der Waals surface area contributed by atoms with E-state index >= 15 is 0 Å². The van der Waals surface area contributed by atoms with E-state index in [0.29, 0.717) is 23.2 Å². The molecule has 0 aromatic heterocycles. The maximum atomic E-state index is 14.6. The van der Waals surface area contributed by atoms with E-state index in [2.05, 4.69) is 5.32 Å². The zero-order valence-corrected chi connectivity index (χ0v) is 28.9. The van der Waals surface area contributed by atoms with Gasteiger partial charge in [0.1, 0.15) is 11.6 Å². The second-order valence-electron chi connectivity index (χ2n) is 14.3. The van der Waals surface area contributed by atoms with Gasteiger partial charge in [-0.3, -0.25) is 24.1 Å². The fourth-order valence-corrected chi connectivity index (χ4v) is 9.23. The van der Waals surface area contributed by atoms with Gasteiger partial charge in [0.25, 0.3) is 0 Å². The van der Waals surface area contributed by atoms with E-state index in [-0.39, 0.29) is 34.7 Å². The van der Waals surface area contributed by atoms with Crippen LogP contribution in [0, 0.1) is 48.8 Å². The molecule has 4 aliphatic rings. The second kappa shape index (κ2) is 11.9. The van der Waals surface area contributed by atoms with Crippen LogP contribution in [0.4, 0.5) is 27.1 Å². The number of phenols is 1. The van der Waals surface area contributed by atoms with Crippen LogP contribution in [-0.2, 0) is 19.2 Å². The fourth-order valence-electron chi connectivity index (χ4n) is 9.06. The minimum atomic E-state index is -1.28. The molecule has 4 aromatic carbocycles. The number of aromatic hydroxyl groups is 1. The minimum Gasteiger partial charge on any atom is -0.507 e. The van der Waals surface area contributed by atoms with E-state index in [0.717, 1.165) is 33.5 Å². The van der Waals surface area contributed by atoms with Crippen molar-refractivity contribution in [1.29, 1.82) is 0 Å². The van der Waals surface area contributed by atoms with Crippen LogP contribution in [0.15, 0.2) is 96.6 Å². The predicted octanol–water partition coefficient (Wildman–Crippen LogP) is 7.98. The first-order chi connectivity index (χ1) is 24.4. The number of nitrogens with one attached hydrogen (secondary N) is 1. The van der Waals surface area contributed by atoms with Crippen LogP contribution in [0.5, 0.6) is 5.75 Å². The number of carbonyl (C=O) groups is 4. The number of carbonyl (C=O) groups excluding carboxylic acids is 4. The largest absolute Gasteiger partial charge is 0.507 e. The van der Waals surface area contributed by atoms with E-state index in [4.69, 9.17) is 11.6 Å². The number of amides is 4. The summed E-state index contributed by atoms with van der Waals surface area (Å²) in [6.45, 7) is 5.35. The summed E-state index contributed by atoms with van der Waals surface area (Å²) in [5.74, 6) is -5.42. The Balaban J connectivity index is 1.19. The van der Waals surface area contributed by atoms with Crippen molar-refractivity contribution in [2.45, 2.75) is 39.5 Å². The number of para-hydroxylation sites is 1. The molecule has 0 spiro atoms. The van der Waals surface area contributed by atoms with E-state index < -0.39 is 52.6 Å². The lowest BCUT2D eigenvalue weighted by molar-refractivity contribution is -0.131. The standard InChI is InChI=1S/C41H35ClFN3O5/c1-21-17-23(18-22(2)36(21)47)35-28-14-15-29-34(39(50)45(37(29)48)26-11-9-25(10-12-26)44-24-7-5-4-6-8-24)30(28)20-31-38(49)46(40(51)41(31,35)3)27-13-16-33(43)32(42)19-27/h4-14,16-19,29-31,34-35,44,47H,15,20H2,1-3H3. The molecule has 2 aliphatic carbocycles. The van der Waals surface area contributed by atoms with Gasteiger partial charge in [0, 0.05) is 17.3 Å². The molecular formula is C41H35ClFN3O5. The molecule has 0 radical (unpaired) electrons. The Hall–Kier alpha value is -5.28. The van der Waals surface area contributed by atoms with Crippen molar-refractivity contribution >= 4 is 58.0 Å². The molecule has 6 unspecified atom stereocenters. The molecule has 10 heteroatoms. The number of halogens is 2.